The fourth-order valence-electron chi connectivity index (χ4n) is 4.47. The van der Waals surface area contributed by atoms with Crippen LogP contribution in [0.3, 0.4) is 0 Å². The molecule has 0 aliphatic rings. The van der Waals surface area contributed by atoms with Crippen molar-refractivity contribution in [1.29, 1.82) is 0 Å². The molecule has 0 aliphatic heterocycles. The number of methoxy groups -OCH3 is 1. The number of thiazole rings is 1. The summed E-state index contributed by atoms with van der Waals surface area (Å²) in [4.78, 5) is 17.3. The monoisotopic (exact) mass is 486 g/mol. The lowest BCUT2D eigenvalue weighted by molar-refractivity contribution is -0.146. The molecular weight excluding hydrogens is 456 g/mol. The molecule has 0 N–H and O–H groups in total. The van der Waals surface area contributed by atoms with Crippen LogP contribution in [0.5, 0.6) is 0 Å². The summed E-state index contributed by atoms with van der Waals surface area (Å²) in [6.07, 6.45) is 2.08. The van der Waals surface area contributed by atoms with Gasteiger partial charge in [-0.05, 0) is 49.2 Å². The number of carbonyl (C=O) groups is 1. The first-order valence-electron chi connectivity index (χ1n) is 11.7. The predicted molar refractivity (Wildman–Crippen MR) is 142 cm³/mol. The Bertz CT molecular complexity index is 1550. The van der Waals surface area contributed by atoms with Crippen LogP contribution in [-0.2, 0) is 26.9 Å². The molecule has 0 radical (unpaired) electrons. The Hall–Kier alpha value is -3.38. The van der Waals surface area contributed by atoms with E-state index < -0.39 is 5.41 Å². The smallest absolute Gasteiger partial charge is 0.315 e. The maximum absolute atomic E-state index is 12.5. The standard InChI is InChI=1S/C29H30N2O3S/c1-28(2,3)25-17-35-26(30-25)24-14-19-13-18(11-12-23(19)34-24)15-31-16-21(29(4,5)27(32)33-6)20-9-7-8-10-22(20)31/h7-14,16-17H,15H2,1-6H3. The van der Waals surface area contributed by atoms with E-state index in [-0.39, 0.29) is 11.4 Å². The Morgan fingerprint density at radius 3 is 2.57 bits per heavy atom. The lowest BCUT2D eigenvalue weighted by atomic mass is 9.84. The molecule has 0 bridgehead atoms. The van der Waals surface area contributed by atoms with Gasteiger partial charge in [0.25, 0.3) is 0 Å². The van der Waals surface area contributed by atoms with Gasteiger partial charge in [-0.15, -0.1) is 11.3 Å². The molecule has 0 spiro atoms. The van der Waals surface area contributed by atoms with Gasteiger partial charge >= 0.3 is 5.97 Å². The molecule has 0 amide bonds. The first-order valence-corrected chi connectivity index (χ1v) is 12.6. The van der Waals surface area contributed by atoms with Crippen LogP contribution in [0, 0.1) is 0 Å². The van der Waals surface area contributed by atoms with E-state index in [1.165, 1.54) is 7.11 Å². The Morgan fingerprint density at radius 1 is 1.09 bits per heavy atom. The SMILES string of the molecule is COC(=O)C(C)(C)c1cn(Cc2ccc3oc(-c4nc(C(C)(C)C)cs4)cc3c2)c2ccccc12. The van der Waals surface area contributed by atoms with E-state index in [4.69, 9.17) is 14.1 Å². The van der Waals surface area contributed by atoms with Gasteiger partial charge in [0.05, 0.1) is 18.2 Å². The number of fused-ring (bicyclic) bond motifs is 2. The second kappa shape index (κ2) is 8.38. The Balaban J connectivity index is 1.50. The number of hydrogen-bond acceptors (Lipinski definition) is 5. The third-order valence-corrected chi connectivity index (χ3v) is 7.43. The van der Waals surface area contributed by atoms with E-state index in [0.717, 1.165) is 49.5 Å². The topological polar surface area (TPSA) is 57.3 Å². The molecule has 2 aromatic carbocycles. The summed E-state index contributed by atoms with van der Waals surface area (Å²) < 4.78 is 13.4. The molecule has 6 heteroatoms. The fourth-order valence-corrected chi connectivity index (χ4v) is 5.46. The molecule has 0 saturated heterocycles. The lowest BCUT2D eigenvalue weighted by Crippen LogP contribution is -2.30. The van der Waals surface area contributed by atoms with Crippen molar-refractivity contribution in [3.8, 4) is 10.8 Å². The first kappa shape index (κ1) is 23.4. The second-order valence-corrected chi connectivity index (χ2v) is 11.4. The maximum atomic E-state index is 12.5. The van der Waals surface area contributed by atoms with Crippen molar-refractivity contribution in [3.63, 3.8) is 0 Å². The summed E-state index contributed by atoms with van der Waals surface area (Å²) in [6, 6.07) is 16.6. The number of nitrogens with zero attached hydrogens (tertiary/aromatic N) is 2. The van der Waals surface area contributed by atoms with Crippen LogP contribution < -0.4 is 0 Å². The number of hydrogen-bond donors (Lipinski definition) is 0. The summed E-state index contributed by atoms with van der Waals surface area (Å²) in [5.74, 6) is 0.552. The Kier molecular flexibility index (Phi) is 5.59. The lowest BCUT2D eigenvalue weighted by Gasteiger charge is -2.21. The zero-order valence-electron chi connectivity index (χ0n) is 21.0. The number of aromatic nitrogens is 2. The van der Waals surface area contributed by atoms with Crippen LogP contribution in [0.15, 0.2) is 64.5 Å². The van der Waals surface area contributed by atoms with Crippen molar-refractivity contribution in [2.45, 2.75) is 52.0 Å². The van der Waals surface area contributed by atoms with Gasteiger partial charge in [-0.25, -0.2) is 4.98 Å². The number of ether oxygens (including phenoxy) is 1. The van der Waals surface area contributed by atoms with Crippen LogP contribution in [0.4, 0.5) is 0 Å². The van der Waals surface area contributed by atoms with E-state index in [9.17, 15) is 4.79 Å². The molecule has 35 heavy (non-hydrogen) atoms. The average molecular weight is 487 g/mol. The molecule has 5 rings (SSSR count). The second-order valence-electron chi connectivity index (χ2n) is 10.6. The molecule has 0 unspecified atom stereocenters. The predicted octanol–water partition coefficient (Wildman–Crippen LogP) is 7.31. The minimum atomic E-state index is -0.747. The average Bonchev–Trinajstić information content (AvgIpc) is 3.55. The van der Waals surface area contributed by atoms with E-state index in [1.807, 2.05) is 32.0 Å². The zero-order valence-corrected chi connectivity index (χ0v) is 21.8. The third-order valence-electron chi connectivity index (χ3n) is 6.57. The summed E-state index contributed by atoms with van der Waals surface area (Å²) in [5, 5.41) is 5.13. The molecule has 5 aromatic rings. The van der Waals surface area contributed by atoms with Gasteiger partial charge in [0.15, 0.2) is 10.8 Å². The minimum absolute atomic E-state index is 0.00869. The maximum Gasteiger partial charge on any atom is 0.315 e. The molecule has 3 heterocycles. The summed E-state index contributed by atoms with van der Waals surface area (Å²) in [5.41, 5.74) is 4.39. The van der Waals surface area contributed by atoms with Crippen molar-refractivity contribution >= 4 is 39.2 Å². The molecule has 180 valence electrons. The fraction of sp³-hybridized carbons (Fsp3) is 0.310. The van der Waals surface area contributed by atoms with E-state index in [2.05, 4.69) is 67.2 Å². The number of esters is 1. The van der Waals surface area contributed by atoms with Gasteiger partial charge in [-0.1, -0.05) is 45.0 Å². The number of para-hydroxylation sites is 1. The highest BCUT2D eigenvalue weighted by Gasteiger charge is 2.34. The highest BCUT2D eigenvalue weighted by molar-refractivity contribution is 7.13. The Morgan fingerprint density at radius 2 is 1.86 bits per heavy atom. The highest BCUT2D eigenvalue weighted by Crippen LogP contribution is 2.35. The number of carbonyl (C=O) groups excluding carboxylic acids is 1. The summed E-state index contributed by atoms with van der Waals surface area (Å²) >= 11 is 1.62. The minimum Gasteiger partial charge on any atom is -0.468 e. The highest BCUT2D eigenvalue weighted by atomic mass is 32.1. The van der Waals surface area contributed by atoms with Crippen molar-refractivity contribution in [3.05, 3.63) is 76.9 Å². The molecule has 0 aliphatic carbocycles. The van der Waals surface area contributed by atoms with Crippen molar-refractivity contribution in [2.75, 3.05) is 7.11 Å². The van der Waals surface area contributed by atoms with Crippen LogP contribution >= 0.6 is 11.3 Å². The van der Waals surface area contributed by atoms with Gasteiger partial charge in [-0.2, -0.15) is 0 Å². The summed E-state index contributed by atoms with van der Waals surface area (Å²) in [7, 11) is 1.44. The number of rotatable bonds is 5. The van der Waals surface area contributed by atoms with Crippen molar-refractivity contribution in [1.82, 2.24) is 9.55 Å². The van der Waals surface area contributed by atoms with E-state index in [1.54, 1.807) is 11.3 Å². The van der Waals surface area contributed by atoms with E-state index >= 15 is 0 Å². The van der Waals surface area contributed by atoms with Gasteiger partial charge in [0.1, 0.15) is 5.58 Å². The first-order chi connectivity index (χ1) is 16.6. The third kappa shape index (κ3) is 4.16. The van der Waals surface area contributed by atoms with Crippen molar-refractivity contribution < 1.29 is 13.9 Å². The molecule has 0 fully saturated rings. The normalized spacial score (nSPS) is 12.5. The molecule has 0 atom stereocenters. The van der Waals surface area contributed by atoms with Crippen LogP contribution in [-0.4, -0.2) is 22.6 Å². The van der Waals surface area contributed by atoms with Crippen LogP contribution in [0.25, 0.3) is 32.6 Å². The molecule has 5 nitrogen and oxygen atoms in total. The zero-order chi connectivity index (χ0) is 25.0. The number of benzene rings is 2. The van der Waals surface area contributed by atoms with Gasteiger partial charge in [0.2, 0.25) is 0 Å². The molecular formula is C29H30N2O3S. The molecule has 3 aromatic heterocycles. The van der Waals surface area contributed by atoms with Crippen LogP contribution in [0.2, 0.25) is 0 Å². The van der Waals surface area contributed by atoms with E-state index in [0.29, 0.717) is 6.54 Å². The number of furan rings is 1. The summed E-state index contributed by atoms with van der Waals surface area (Å²) in [6.45, 7) is 11.0. The van der Waals surface area contributed by atoms with Crippen molar-refractivity contribution in [2.24, 2.45) is 0 Å². The molecule has 0 saturated carbocycles. The van der Waals surface area contributed by atoms with Crippen LogP contribution in [0.1, 0.15) is 51.4 Å². The van der Waals surface area contributed by atoms with Gasteiger partial charge in [0, 0.05) is 39.8 Å². The van der Waals surface area contributed by atoms with Gasteiger partial charge in [-0.3, -0.25) is 4.79 Å². The van der Waals surface area contributed by atoms with Gasteiger partial charge < -0.3 is 13.7 Å². The quantitative estimate of drug-likeness (QED) is 0.244. The largest absolute Gasteiger partial charge is 0.468 e. The Labute approximate surface area is 209 Å².